The Bertz CT molecular complexity index is 951. The maximum absolute atomic E-state index is 10.5. The summed E-state index contributed by atoms with van der Waals surface area (Å²) in [5.74, 6) is -3.32. The molecule has 0 aliphatic carbocycles. The van der Waals surface area contributed by atoms with Crippen LogP contribution in [0.1, 0.15) is 206 Å². The highest BCUT2D eigenvalue weighted by molar-refractivity contribution is 5.84. The highest BCUT2D eigenvalue weighted by Gasteiger charge is 2.29. The minimum atomic E-state index is -1.86. The maximum Gasteiger partial charge on any atom is 0.303 e. The molecule has 0 fully saturated rings. The summed E-state index contributed by atoms with van der Waals surface area (Å²) in [7, 11) is 0. The van der Waals surface area contributed by atoms with Crippen molar-refractivity contribution in [1.82, 2.24) is 0 Å². The number of ketones is 2. The molecule has 12 N–H and O–H groups in total. The van der Waals surface area contributed by atoms with Crippen LogP contribution < -0.4 is 0 Å². The molecule has 16 nitrogen and oxygen atoms in total. The summed E-state index contributed by atoms with van der Waals surface area (Å²) in [6.45, 7) is 1.16. The van der Waals surface area contributed by atoms with Gasteiger partial charge in [-0.2, -0.15) is 0 Å². The number of rotatable bonds is 40. The quantitative estimate of drug-likeness (QED) is 0.0355. The van der Waals surface area contributed by atoms with Crippen LogP contribution in [-0.2, 0) is 19.2 Å². The highest BCUT2D eigenvalue weighted by Crippen LogP contribution is 2.15. The van der Waals surface area contributed by atoms with Gasteiger partial charge in [-0.1, -0.05) is 181 Å². The molecule has 16 heteroatoms. The second kappa shape index (κ2) is 51.5. The molecule has 0 spiro atoms. The Morgan fingerprint density at radius 2 is 0.532 bits per heavy atom. The Morgan fingerprint density at radius 1 is 0.339 bits per heavy atom. The second-order valence-corrected chi connectivity index (χ2v) is 16.1. The Labute approximate surface area is 372 Å². The normalized spacial score (nSPS) is 13.7. The fourth-order valence-corrected chi connectivity index (χ4v) is 6.15. The van der Waals surface area contributed by atoms with Gasteiger partial charge in [0, 0.05) is 12.8 Å². The third kappa shape index (κ3) is 48.9. The Morgan fingerprint density at radius 3 is 0.694 bits per heavy atom. The third-order valence-corrected chi connectivity index (χ3v) is 10.3. The number of carbonyl (C=O) groups excluding carboxylic acids is 2. The monoisotopic (exact) mass is 901 g/mol. The van der Waals surface area contributed by atoms with Crippen LogP contribution in [0.15, 0.2) is 0 Å². The van der Waals surface area contributed by atoms with Crippen molar-refractivity contribution in [2.45, 2.75) is 243 Å². The SMILES string of the molecule is CCCCCCCCCCCCCCCC(=O)O.CCCCCCCCCCCCCCCCCC(=O)O.O=C(CO)[C@H](O)[C@@H](O)[C@H](O)CO.O=C(CO)[C@H](O)[C@@H](O)[C@H](O)CO. The lowest BCUT2D eigenvalue weighted by Gasteiger charge is -2.19. The molecule has 0 amide bonds. The molecule has 0 radical (unpaired) electrons. The molecular weight excluding hydrogens is 808 g/mol. The van der Waals surface area contributed by atoms with E-state index in [1.807, 2.05) is 0 Å². The van der Waals surface area contributed by atoms with E-state index in [0.717, 1.165) is 25.7 Å². The summed E-state index contributed by atoms with van der Waals surface area (Å²) in [4.78, 5) is 41.7. The van der Waals surface area contributed by atoms with E-state index in [9.17, 15) is 19.2 Å². The predicted molar refractivity (Wildman–Crippen MR) is 240 cm³/mol. The lowest BCUT2D eigenvalue weighted by Crippen LogP contribution is -2.44. The minimum absolute atomic E-state index is 0.345. The molecule has 0 aromatic rings. The summed E-state index contributed by atoms with van der Waals surface area (Å²) in [6, 6.07) is 0. The highest BCUT2D eigenvalue weighted by atomic mass is 16.4. The molecule has 0 aliphatic rings. The summed E-state index contributed by atoms with van der Waals surface area (Å²) in [6.07, 6.45) is 27.0. The van der Waals surface area contributed by atoms with Crippen molar-refractivity contribution in [1.29, 1.82) is 0 Å². The van der Waals surface area contributed by atoms with Crippen LogP contribution in [0.5, 0.6) is 0 Å². The van der Waals surface area contributed by atoms with Gasteiger partial charge in [0.15, 0.2) is 11.6 Å². The van der Waals surface area contributed by atoms with Gasteiger partial charge in [-0.05, 0) is 12.8 Å². The molecule has 0 saturated carbocycles. The molecule has 372 valence electrons. The molecule has 6 atom stereocenters. The average molecular weight is 901 g/mol. The number of unbranched alkanes of at least 4 members (excludes halogenated alkanes) is 26. The van der Waals surface area contributed by atoms with Crippen molar-refractivity contribution in [2.75, 3.05) is 26.4 Å². The first-order valence-corrected chi connectivity index (χ1v) is 23.6. The number of aliphatic hydroxyl groups excluding tert-OH is 10. The number of carbonyl (C=O) groups is 4. The molecular formula is C46H92O16. The number of hydrogen-bond acceptors (Lipinski definition) is 14. The molecule has 0 aromatic heterocycles. The smallest absolute Gasteiger partial charge is 0.303 e. The standard InChI is InChI=1S/C18H36O2.C16H32O2.2C6H12O6/c1-2-3-4-5-6-7-8-9-10-11-12-13-14-15-16-17-18(19)20;1-2-3-4-5-6-7-8-9-10-11-12-13-14-15-16(17)18;2*7-1-3(9)5(11)6(12)4(10)2-8/h2-17H2,1H3,(H,19,20);2-15H2,1H3,(H,17,18);2*3,5-9,11-12H,1-2H2/t;;2*3-,5+,6+/m..11/s1. The van der Waals surface area contributed by atoms with Crippen LogP contribution in [0.3, 0.4) is 0 Å². The number of carboxylic acids is 2. The van der Waals surface area contributed by atoms with Gasteiger partial charge < -0.3 is 61.3 Å². The first-order valence-electron chi connectivity index (χ1n) is 23.6. The molecule has 62 heavy (non-hydrogen) atoms. The zero-order chi connectivity index (χ0) is 47.8. The largest absolute Gasteiger partial charge is 0.481 e. The first kappa shape index (κ1) is 66.5. The van der Waals surface area contributed by atoms with Crippen LogP contribution in [0.2, 0.25) is 0 Å². The second-order valence-electron chi connectivity index (χ2n) is 16.1. The van der Waals surface area contributed by atoms with Crippen molar-refractivity contribution < 1.29 is 80.5 Å². The van der Waals surface area contributed by atoms with Gasteiger partial charge in [-0.25, -0.2) is 0 Å². The van der Waals surface area contributed by atoms with Crippen molar-refractivity contribution in [3.8, 4) is 0 Å². The van der Waals surface area contributed by atoms with Gasteiger partial charge in [-0.3, -0.25) is 19.2 Å². The zero-order valence-corrected chi connectivity index (χ0v) is 38.5. The Kier molecular flexibility index (Phi) is 55.2. The number of aliphatic carboxylic acids is 2. The van der Waals surface area contributed by atoms with E-state index in [4.69, 9.17) is 61.3 Å². The molecule has 0 heterocycles. The minimum Gasteiger partial charge on any atom is -0.481 e. The van der Waals surface area contributed by atoms with Gasteiger partial charge >= 0.3 is 11.9 Å². The van der Waals surface area contributed by atoms with Crippen LogP contribution in [0.4, 0.5) is 0 Å². The van der Waals surface area contributed by atoms with E-state index in [-0.39, 0.29) is 0 Å². The van der Waals surface area contributed by atoms with E-state index in [1.165, 1.54) is 154 Å². The van der Waals surface area contributed by atoms with E-state index >= 15 is 0 Å². The maximum atomic E-state index is 10.5. The fraction of sp³-hybridized carbons (Fsp3) is 0.913. The zero-order valence-electron chi connectivity index (χ0n) is 38.5. The number of Topliss-reactive ketones (excluding diaryl/α,β-unsaturated/α-hetero) is 2. The summed E-state index contributed by atoms with van der Waals surface area (Å²) in [5, 5.41) is 103. The predicted octanol–water partition coefficient (Wildman–Crippen LogP) is 5.13. The lowest BCUT2D eigenvalue weighted by atomic mass is 10.0. The van der Waals surface area contributed by atoms with Gasteiger partial charge in [0.05, 0.1) is 13.2 Å². The van der Waals surface area contributed by atoms with E-state index in [1.54, 1.807) is 0 Å². The number of aliphatic hydroxyl groups is 10. The van der Waals surface area contributed by atoms with Crippen LogP contribution in [0, 0.1) is 0 Å². The fourth-order valence-electron chi connectivity index (χ4n) is 6.15. The Hall–Kier alpha value is -2.12. The van der Waals surface area contributed by atoms with Gasteiger partial charge in [-0.15, -0.1) is 0 Å². The van der Waals surface area contributed by atoms with Crippen LogP contribution in [-0.4, -0.2) is 148 Å². The van der Waals surface area contributed by atoms with E-state index < -0.39 is 86.6 Å². The van der Waals surface area contributed by atoms with E-state index in [0.29, 0.717) is 12.8 Å². The molecule has 0 unspecified atom stereocenters. The van der Waals surface area contributed by atoms with Crippen molar-refractivity contribution >= 4 is 23.5 Å². The number of hydrogen-bond donors (Lipinski definition) is 12. The molecule has 0 saturated heterocycles. The molecule has 0 aliphatic heterocycles. The first-order chi connectivity index (χ1) is 29.6. The molecule has 0 rings (SSSR count). The van der Waals surface area contributed by atoms with Gasteiger partial charge in [0.1, 0.15) is 49.8 Å². The van der Waals surface area contributed by atoms with Gasteiger partial charge in [0.2, 0.25) is 0 Å². The van der Waals surface area contributed by atoms with Crippen molar-refractivity contribution in [2.24, 2.45) is 0 Å². The third-order valence-electron chi connectivity index (χ3n) is 10.3. The summed E-state index contributed by atoms with van der Waals surface area (Å²) >= 11 is 0. The molecule has 0 bridgehead atoms. The topological polar surface area (TPSA) is 311 Å². The number of carboxylic acid groups (broad SMARTS) is 2. The average Bonchev–Trinajstić information content (AvgIpc) is 3.27. The lowest BCUT2D eigenvalue weighted by molar-refractivity contribution is -0.143. The summed E-state index contributed by atoms with van der Waals surface area (Å²) < 4.78 is 0. The van der Waals surface area contributed by atoms with Crippen LogP contribution >= 0.6 is 0 Å². The molecule has 0 aromatic carbocycles. The Balaban J connectivity index is -0.000000371. The summed E-state index contributed by atoms with van der Waals surface area (Å²) in [5.41, 5.74) is 0. The van der Waals surface area contributed by atoms with Crippen molar-refractivity contribution in [3.05, 3.63) is 0 Å². The van der Waals surface area contributed by atoms with Gasteiger partial charge in [0.25, 0.3) is 0 Å². The van der Waals surface area contributed by atoms with E-state index in [2.05, 4.69) is 13.8 Å². The van der Waals surface area contributed by atoms with Crippen LogP contribution in [0.25, 0.3) is 0 Å². The van der Waals surface area contributed by atoms with Crippen molar-refractivity contribution in [3.63, 3.8) is 0 Å².